The van der Waals surface area contributed by atoms with Crippen molar-refractivity contribution < 1.29 is 14.2 Å². The average molecular weight is 283 g/mol. The van der Waals surface area contributed by atoms with Gasteiger partial charge in [0.1, 0.15) is 0 Å². The zero-order valence-corrected chi connectivity index (χ0v) is 14.2. The third-order valence-electron chi connectivity index (χ3n) is 2.23. The van der Waals surface area contributed by atoms with Crippen LogP contribution in [0.3, 0.4) is 0 Å². The van der Waals surface area contributed by atoms with Crippen molar-refractivity contribution in [3.63, 3.8) is 0 Å². The molecular formula is C12H30O3SSi. The molecule has 0 aliphatic rings. The van der Waals surface area contributed by atoms with Crippen molar-refractivity contribution in [1.29, 1.82) is 0 Å². The summed E-state index contributed by atoms with van der Waals surface area (Å²) >= 11 is 0. The van der Waals surface area contributed by atoms with E-state index in [0.29, 0.717) is 13.2 Å². The maximum atomic E-state index is 5.79. The van der Waals surface area contributed by atoms with E-state index in [-0.39, 0.29) is 0 Å². The Morgan fingerprint density at radius 3 is 1.88 bits per heavy atom. The third kappa shape index (κ3) is 12.7. The molecule has 5 heteroatoms. The molecule has 0 radical (unpaired) electrons. The molecule has 0 fully saturated rings. The Morgan fingerprint density at radius 2 is 1.41 bits per heavy atom. The van der Waals surface area contributed by atoms with Crippen LogP contribution in [0.1, 0.15) is 0 Å². The summed E-state index contributed by atoms with van der Waals surface area (Å²) in [5.41, 5.74) is 0. The maximum absolute atomic E-state index is 5.79. The van der Waals surface area contributed by atoms with Gasteiger partial charge in [0, 0.05) is 21.8 Å². The summed E-state index contributed by atoms with van der Waals surface area (Å²) in [4.78, 5) is 0. The molecule has 0 amide bonds. The van der Waals surface area contributed by atoms with Gasteiger partial charge in [-0.05, 0) is 18.6 Å². The number of rotatable bonds is 10. The molecule has 0 saturated heterocycles. The van der Waals surface area contributed by atoms with Gasteiger partial charge >= 0.3 is 0 Å². The van der Waals surface area contributed by atoms with Gasteiger partial charge in [-0.3, -0.25) is 0 Å². The molecular weight excluding hydrogens is 252 g/mol. The molecule has 0 N–H and O–H groups in total. The van der Waals surface area contributed by atoms with Crippen LogP contribution in [-0.2, 0) is 14.2 Å². The summed E-state index contributed by atoms with van der Waals surface area (Å²) < 4.78 is 16.3. The average Bonchev–Trinajstić information content (AvgIpc) is 2.18. The predicted octanol–water partition coefficient (Wildman–Crippen LogP) is 2.98. The van der Waals surface area contributed by atoms with E-state index in [4.69, 9.17) is 14.2 Å². The molecule has 0 aromatic carbocycles. The minimum atomic E-state index is -0.953. The summed E-state index contributed by atoms with van der Waals surface area (Å²) in [6, 6.07) is 1.24. The van der Waals surface area contributed by atoms with Gasteiger partial charge < -0.3 is 14.2 Å². The second kappa shape index (κ2) is 8.53. The lowest BCUT2D eigenvalue weighted by atomic mass is 10.8. The Bertz CT molecular complexity index is 193. The summed E-state index contributed by atoms with van der Waals surface area (Å²) in [6.45, 7) is 9.39. The summed E-state index contributed by atoms with van der Waals surface area (Å²) in [5, 5.41) is 0. The molecule has 0 aliphatic heterocycles. The fourth-order valence-corrected chi connectivity index (χ4v) is 3.09. The first-order chi connectivity index (χ1) is 7.77. The number of methoxy groups -OCH3 is 1. The highest BCUT2D eigenvalue weighted by molar-refractivity contribution is 8.32. The van der Waals surface area contributed by atoms with Gasteiger partial charge in [-0.25, -0.2) is 10.0 Å². The van der Waals surface area contributed by atoms with Crippen LogP contribution < -0.4 is 0 Å². The number of ether oxygens (including phenoxy) is 3. The van der Waals surface area contributed by atoms with Crippen LogP contribution in [0, 0.1) is 0 Å². The van der Waals surface area contributed by atoms with Crippen LogP contribution >= 0.6 is 10.0 Å². The lowest BCUT2D eigenvalue weighted by molar-refractivity contribution is 0.0932. The summed E-state index contributed by atoms with van der Waals surface area (Å²) in [7, 11) is -0.0222. The van der Waals surface area contributed by atoms with Gasteiger partial charge in [-0.15, -0.1) is 0 Å². The fourth-order valence-electron chi connectivity index (χ4n) is 1.12. The minimum absolute atomic E-state index is 0.673. The standard InChI is InChI=1S/C12H30O3SSi/c1-13-7-8-14-11-16(2,3)12-15-9-10-17(4,5)6/h7-12H2,1-6H3. The fraction of sp³-hybridized carbons (Fsp3) is 1.00. The Balaban J connectivity index is 3.56. The first kappa shape index (κ1) is 17.4. The van der Waals surface area contributed by atoms with Gasteiger partial charge in [0.25, 0.3) is 0 Å². The Morgan fingerprint density at radius 1 is 0.882 bits per heavy atom. The highest BCUT2D eigenvalue weighted by Gasteiger charge is 2.15. The largest absolute Gasteiger partial charge is 0.382 e. The molecule has 0 rings (SSSR count). The van der Waals surface area contributed by atoms with Crippen molar-refractivity contribution in [2.45, 2.75) is 25.7 Å². The van der Waals surface area contributed by atoms with Crippen LogP contribution in [0.4, 0.5) is 0 Å². The monoisotopic (exact) mass is 282 g/mol. The van der Waals surface area contributed by atoms with Crippen LogP contribution in [0.25, 0.3) is 0 Å². The van der Waals surface area contributed by atoms with Crippen LogP contribution in [-0.4, -0.2) is 59.4 Å². The van der Waals surface area contributed by atoms with Crippen molar-refractivity contribution in [3.05, 3.63) is 0 Å². The molecule has 0 bridgehead atoms. The number of hydrogen-bond acceptors (Lipinski definition) is 3. The molecule has 0 atom stereocenters. The number of hydrogen-bond donors (Lipinski definition) is 0. The normalized spacial score (nSPS) is 14.0. The van der Waals surface area contributed by atoms with Gasteiger partial charge in [-0.2, -0.15) is 0 Å². The molecule has 0 unspecified atom stereocenters. The molecule has 0 aliphatic carbocycles. The van der Waals surface area contributed by atoms with E-state index in [1.54, 1.807) is 7.11 Å². The summed E-state index contributed by atoms with van der Waals surface area (Å²) in [5.74, 6) is 1.66. The van der Waals surface area contributed by atoms with Gasteiger partial charge in [-0.1, -0.05) is 19.6 Å². The Hall–Kier alpha value is 0.447. The highest BCUT2D eigenvalue weighted by Crippen LogP contribution is 2.39. The van der Waals surface area contributed by atoms with E-state index in [0.717, 1.165) is 18.5 Å². The second-order valence-electron chi connectivity index (χ2n) is 6.12. The van der Waals surface area contributed by atoms with Gasteiger partial charge in [0.2, 0.25) is 0 Å². The first-order valence-corrected chi connectivity index (χ1v) is 12.6. The molecule has 0 aromatic rings. The Labute approximate surface area is 110 Å². The van der Waals surface area contributed by atoms with Crippen LogP contribution in [0.15, 0.2) is 0 Å². The topological polar surface area (TPSA) is 27.7 Å². The molecule has 0 saturated carbocycles. The van der Waals surface area contributed by atoms with Crippen molar-refractivity contribution in [1.82, 2.24) is 0 Å². The lowest BCUT2D eigenvalue weighted by Crippen LogP contribution is -2.22. The van der Waals surface area contributed by atoms with Gasteiger partial charge in [0.05, 0.1) is 25.1 Å². The zero-order chi connectivity index (χ0) is 13.4. The molecule has 3 nitrogen and oxygen atoms in total. The van der Waals surface area contributed by atoms with E-state index in [2.05, 4.69) is 32.2 Å². The minimum Gasteiger partial charge on any atom is -0.382 e. The summed E-state index contributed by atoms with van der Waals surface area (Å²) in [6.07, 6.45) is 4.52. The Kier molecular flexibility index (Phi) is 8.76. The first-order valence-electron chi connectivity index (χ1n) is 6.10. The van der Waals surface area contributed by atoms with Crippen molar-refractivity contribution in [3.8, 4) is 0 Å². The van der Waals surface area contributed by atoms with E-state index in [1.807, 2.05) is 0 Å². The molecule has 0 aromatic heterocycles. The molecule has 0 heterocycles. The quantitative estimate of drug-likeness (QED) is 0.455. The highest BCUT2D eigenvalue weighted by atomic mass is 32.3. The van der Waals surface area contributed by atoms with Crippen LogP contribution in [0.2, 0.25) is 25.7 Å². The van der Waals surface area contributed by atoms with Crippen molar-refractivity contribution in [2.75, 3.05) is 51.3 Å². The molecule has 17 heavy (non-hydrogen) atoms. The van der Waals surface area contributed by atoms with E-state index in [9.17, 15) is 0 Å². The zero-order valence-electron chi connectivity index (χ0n) is 12.4. The van der Waals surface area contributed by atoms with Crippen molar-refractivity contribution >= 4 is 18.1 Å². The lowest BCUT2D eigenvalue weighted by Gasteiger charge is -2.30. The molecule has 106 valence electrons. The van der Waals surface area contributed by atoms with E-state index in [1.165, 1.54) is 6.04 Å². The van der Waals surface area contributed by atoms with E-state index < -0.39 is 18.1 Å². The van der Waals surface area contributed by atoms with Crippen LogP contribution in [0.5, 0.6) is 0 Å². The van der Waals surface area contributed by atoms with Gasteiger partial charge in [0.15, 0.2) is 0 Å². The van der Waals surface area contributed by atoms with E-state index >= 15 is 0 Å². The third-order valence-corrected chi connectivity index (χ3v) is 5.55. The molecule has 0 spiro atoms. The second-order valence-corrected chi connectivity index (χ2v) is 15.7. The smallest absolute Gasteiger partial charge is 0.0785 e. The SMILES string of the molecule is COCCOCS(C)(C)COCC[Si](C)(C)C. The maximum Gasteiger partial charge on any atom is 0.0785 e. The predicted molar refractivity (Wildman–Crippen MR) is 81.1 cm³/mol. The van der Waals surface area contributed by atoms with Crippen molar-refractivity contribution in [2.24, 2.45) is 0 Å².